The van der Waals surface area contributed by atoms with Crippen molar-refractivity contribution in [3.63, 3.8) is 0 Å². The second kappa shape index (κ2) is 4.96. The number of aliphatic hydroxyl groups is 1. The molecule has 0 spiro atoms. The lowest BCUT2D eigenvalue weighted by molar-refractivity contribution is -0.154. The second-order valence-electron chi connectivity index (χ2n) is 4.74. The Morgan fingerprint density at radius 3 is 2.71 bits per heavy atom. The van der Waals surface area contributed by atoms with E-state index in [1.54, 1.807) is 20.8 Å². The standard InChI is InChI=1S/C11H18N2O4/c1-4-16-9(14)8(13-12)11(15)5-6-17-10(2,3)7-11/h15H,4-7H2,1-3H3. The van der Waals surface area contributed by atoms with Gasteiger partial charge in [-0.25, -0.2) is 4.79 Å². The summed E-state index contributed by atoms with van der Waals surface area (Å²) in [4.78, 5) is 14.5. The van der Waals surface area contributed by atoms with Crippen LogP contribution in [0.2, 0.25) is 0 Å². The maximum atomic E-state index is 11.6. The van der Waals surface area contributed by atoms with Crippen molar-refractivity contribution in [1.29, 1.82) is 0 Å². The molecule has 6 heteroatoms. The molecule has 1 unspecified atom stereocenters. The van der Waals surface area contributed by atoms with E-state index in [1.165, 1.54) is 0 Å². The van der Waals surface area contributed by atoms with Crippen LogP contribution >= 0.6 is 0 Å². The predicted octanol–water partition coefficient (Wildman–Crippen LogP) is 0.540. The summed E-state index contributed by atoms with van der Waals surface area (Å²) in [6, 6.07) is 0. The highest BCUT2D eigenvalue weighted by atomic mass is 16.5. The van der Waals surface area contributed by atoms with Crippen LogP contribution in [-0.4, -0.2) is 46.0 Å². The highest BCUT2D eigenvalue weighted by Gasteiger charge is 2.52. The van der Waals surface area contributed by atoms with Gasteiger partial charge in [-0.1, -0.05) is 0 Å². The lowest BCUT2D eigenvalue weighted by Crippen LogP contribution is -2.53. The quantitative estimate of drug-likeness (QED) is 0.338. The fourth-order valence-corrected chi connectivity index (χ4v) is 2.07. The van der Waals surface area contributed by atoms with Crippen LogP contribution in [-0.2, 0) is 14.3 Å². The molecule has 1 fully saturated rings. The molecule has 0 radical (unpaired) electrons. The van der Waals surface area contributed by atoms with E-state index in [0.717, 1.165) is 0 Å². The van der Waals surface area contributed by atoms with Gasteiger partial charge in [0.25, 0.3) is 0 Å². The van der Waals surface area contributed by atoms with Gasteiger partial charge in [0.05, 0.1) is 18.8 Å². The topological polar surface area (TPSA) is 92.2 Å². The van der Waals surface area contributed by atoms with Crippen molar-refractivity contribution in [2.75, 3.05) is 13.2 Å². The SMILES string of the molecule is CCOC(=O)C(=[N+]=[N-])C1(O)CCOC(C)(C)C1. The fraction of sp³-hybridized carbons (Fsp3) is 0.818. The molecule has 0 saturated carbocycles. The Balaban J connectivity index is 2.95. The summed E-state index contributed by atoms with van der Waals surface area (Å²) in [5, 5.41) is 10.4. The van der Waals surface area contributed by atoms with Gasteiger partial charge < -0.3 is 20.1 Å². The minimum absolute atomic E-state index is 0.161. The maximum Gasteiger partial charge on any atom is 0.420 e. The van der Waals surface area contributed by atoms with E-state index >= 15 is 0 Å². The Labute approximate surface area is 100 Å². The number of hydrogen-bond donors (Lipinski definition) is 1. The number of esters is 1. The van der Waals surface area contributed by atoms with Crippen molar-refractivity contribution in [2.45, 2.75) is 44.8 Å². The highest BCUT2D eigenvalue weighted by molar-refractivity contribution is 6.37. The van der Waals surface area contributed by atoms with Crippen molar-refractivity contribution in [3.05, 3.63) is 5.53 Å². The molecule has 0 amide bonds. The van der Waals surface area contributed by atoms with Crippen LogP contribution in [0.3, 0.4) is 0 Å². The van der Waals surface area contributed by atoms with Crippen LogP contribution in [0.5, 0.6) is 0 Å². The highest BCUT2D eigenvalue weighted by Crippen LogP contribution is 2.32. The first-order chi connectivity index (χ1) is 7.84. The van der Waals surface area contributed by atoms with Crippen molar-refractivity contribution >= 4 is 11.7 Å². The number of nitrogens with zero attached hydrogens (tertiary/aromatic N) is 2. The molecule has 0 aromatic heterocycles. The van der Waals surface area contributed by atoms with Gasteiger partial charge in [-0.2, -0.15) is 4.79 Å². The smallest absolute Gasteiger partial charge is 0.420 e. The Kier molecular flexibility index (Phi) is 4.03. The summed E-state index contributed by atoms with van der Waals surface area (Å²) in [5.74, 6) is -0.796. The van der Waals surface area contributed by atoms with Crippen molar-refractivity contribution in [1.82, 2.24) is 0 Å². The van der Waals surface area contributed by atoms with E-state index in [1.807, 2.05) is 0 Å². The summed E-state index contributed by atoms with van der Waals surface area (Å²) in [6.45, 7) is 5.70. The molecular weight excluding hydrogens is 224 g/mol. The molecule has 1 saturated heterocycles. The molecule has 1 heterocycles. The molecule has 6 nitrogen and oxygen atoms in total. The first-order valence-electron chi connectivity index (χ1n) is 5.60. The second-order valence-corrected chi connectivity index (χ2v) is 4.74. The lowest BCUT2D eigenvalue weighted by Gasteiger charge is -2.38. The molecule has 0 aromatic carbocycles. The first-order valence-corrected chi connectivity index (χ1v) is 5.60. The molecule has 0 aliphatic carbocycles. The number of rotatable bonds is 3. The van der Waals surface area contributed by atoms with Crippen LogP contribution in [0.1, 0.15) is 33.6 Å². The molecular formula is C11H18N2O4. The average Bonchev–Trinajstić information content (AvgIpc) is 2.16. The molecule has 1 rings (SSSR count). The molecule has 0 aromatic rings. The van der Waals surface area contributed by atoms with E-state index < -0.39 is 17.2 Å². The minimum Gasteiger partial charge on any atom is -0.457 e. The molecule has 96 valence electrons. The predicted molar refractivity (Wildman–Crippen MR) is 59.5 cm³/mol. The third kappa shape index (κ3) is 3.12. The van der Waals surface area contributed by atoms with Gasteiger partial charge in [-0.3, -0.25) is 0 Å². The summed E-state index contributed by atoms with van der Waals surface area (Å²) >= 11 is 0. The Bertz CT molecular complexity index is 360. The lowest BCUT2D eigenvalue weighted by atomic mass is 9.81. The van der Waals surface area contributed by atoms with Gasteiger partial charge in [0.2, 0.25) is 0 Å². The van der Waals surface area contributed by atoms with E-state index in [9.17, 15) is 9.90 Å². The summed E-state index contributed by atoms with van der Waals surface area (Å²) < 4.78 is 10.2. The minimum atomic E-state index is -1.50. The van der Waals surface area contributed by atoms with Gasteiger partial charge in [0, 0.05) is 12.8 Å². The fourth-order valence-electron chi connectivity index (χ4n) is 2.07. The van der Waals surface area contributed by atoms with Crippen LogP contribution in [0, 0.1) is 0 Å². The summed E-state index contributed by atoms with van der Waals surface area (Å²) in [7, 11) is 0. The molecule has 1 N–H and O–H groups in total. The van der Waals surface area contributed by atoms with E-state index in [-0.39, 0.29) is 25.2 Å². The maximum absolute atomic E-state index is 11.6. The van der Waals surface area contributed by atoms with E-state index in [0.29, 0.717) is 6.61 Å². The zero-order valence-electron chi connectivity index (χ0n) is 10.4. The molecule has 17 heavy (non-hydrogen) atoms. The van der Waals surface area contributed by atoms with Gasteiger partial charge in [-0.05, 0) is 20.8 Å². The van der Waals surface area contributed by atoms with E-state index in [4.69, 9.17) is 15.0 Å². The molecule has 1 atom stereocenters. The molecule has 1 aliphatic heterocycles. The van der Waals surface area contributed by atoms with Crippen molar-refractivity contribution < 1.29 is 24.2 Å². The van der Waals surface area contributed by atoms with Gasteiger partial charge in [0.1, 0.15) is 0 Å². The third-order valence-electron chi connectivity index (χ3n) is 2.74. The molecule has 0 bridgehead atoms. The number of ether oxygens (including phenoxy) is 2. The van der Waals surface area contributed by atoms with Gasteiger partial charge in [0.15, 0.2) is 5.60 Å². The summed E-state index contributed by atoms with van der Waals surface area (Å²) in [6.07, 6.45) is 0.382. The van der Waals surface area contributed by atoms with Crippen LogP contribution < -0.4 is 0 Å². The largest absolute Gasteiger partial charge is 0.457 e. The third-order valence-corrected chi connectivity index (χ3v) is 2.74. The Morgan fingerprint density at radius 2 is 2.24 bits per heavy atom. The van der Waals surface area contributed by atoms with Gasteiger partial charge in [-0.15, -0.1) is 0 Å². The number of carbonyl (C=O) groups excluding carboxylic acids is 1. The molecule has 1 aliphatic rings. The normalized spacial score (nSPS) is 27.1. The van der Waals surface area contributed by atoms with Crippen molar-refractivity contribution in [2.24, 2.45) is 0 Å². The van der Waals surface area contributed by atoms with Crippen LogP contribution in [0.15, 0.2) is 0 Å². The Morgan fingerprint density at radius 1 is 1.59 bits per heavy atom. The number of carbonyl (C=O) groups is 1. The first kappa shape index (κ1) is 13.8. The van der Waals surface area contributed by atoms with Crippen LogP contribution in [0.25, 0.3) is 5.53 Å². The Hall–Kier alpha value is -1.23. The number of hydrogen-bond acceptors (Lipinski definition) is 4. The zero-order valence-corrected chi connectivity index (χ0v) is 10.4. The van der Waals surface area contributed by atoms with E-state index in [2.05, 4.69) is 4.79 Å². The van der Waals surface area contributed by atoms with Crippen molar-refractivity contribution in [3.8, 4) is 0 Å². The van der Waals surface area contributed by atoms with Crippen LogP contribution in [0.4, 0.5) is 0 Å². The average molecular weight is 242 g/mol. The monoisotopic (exact) mass is 242 g/mol. The van der Waals surface area contributed by atoms with Gasteiger partial charge >= 0.3 is 11.7 Å². The summed E-state index contributed by atoms with van der Waals surface area (Å²) in [5.41, 5.74) is 6.47. The zero-order chi connectivity index (χ0) is 13.1.